The van der Waals surface area contributed by atoms with Crippen LogP contribution in [0.25, 0.3) is 0 Å². The molecule has 3 nitrogen and oxygen atoms in total. The quantitative estimate of drug-likeness (QED) is 0.825. The molecule has 90 valence electrons. The largest absolute Gasteiger partial charge is 0.314 e. The molecule has 1 fully saturated rings. The number of hydrogen-bond donors (Lipinski definition) is 1. The predicted molar refractivity (Wildman–Crippen MR) is 66.3 cm³/mol. The molecule has 1 aromatic rings. The van der Waals surface area contributed by atoms with Gasteiger partial charge in [-0.3, -0.25) is 4.68 Å². The highest BCUT2D eigenvalue weighted by molar-refractivity contribution is 5.02. The number of hydrogen-bond acceptors (Lipinski definition) is 2. The minimum Gasteiger partial charge on any atom is -0.314 e. The molecule has 0 saturated heterocycles. The molecule has 0 aromatic carbocycles. The first-order valence-corrected chi connectivity index (χ1v) is 6.51. The third kappa shape index (κ3) is 2.85. The van der Waals surface area contributed by atoms with Gasteiger partial charge in [-0.15, -0.1) is 0 Å². The van der Waals surface area contributed by atoms with Crippen LogP contribution in [0.4, 0.5) is 0 Å². The van der Waals surface area contributed by atoms with Gasteiger partial charge < -0.3 is 5.32 Å². The van der Waals surface area contributed by atoms with Gasteiger partial charge in [0, 0.05) is 25.7 Å². The Morgan fingerprint density at radius 3 is 2.81 bits per heavy atom. The van der Waals surface area contributed by atoms with Crippen molar-refractivity contribution in [1.82, 2.24) is 15.1 Å². The van der Waals surface area contributed by atoms with Gasteiger partial charge in [-0.25, -0.2) is 0 Å². The van der Waals surface area contributed by atoms with Crippen LogP contribution in [0.1, 0.15) is 38.3 Å². The zero-order valence-electron chi connectivity index (χ0n) is 10.4. The minimum absolute atomic E-state index is 0.627. The fraction of sp³-hybridized carbons (Fsp3) is 0.769. The summed E-state index contributed by atoms with van der Waals surface area (Å²) in [5.41, 5.74) is 1.22. The normalized spacial score (nSPS) is 19.1. The van der Waals surface area contributed by atoms with Crippen molar-refractivity contribution < 1.29 is 0 Å². The highest BCUT2D eigenvalue weighted by Crippen LogP contribution is 2.28. The molecule has 0 amide bonds. The Hall–Kier alpha value is -0.830. The van der Waals surface area contributed by atoms with E-state index in [1.807, 2.05) is 17.9 Å². The molecular formula is C13H23N3. The van der Waals surface area contributed by atoms with Crippen molar-refractivity contribution in [2.24, 2.45) is 13.0 Å². The number of nitrogens with zero attached hydrogens (tertiary/aromatic N) is 2. The van der Waals surface area contributed by atoms with Crippen LogP contribution in [0, 0.1) is 5.92 Å². The van der Waals surface area contributed by atoms with Crippen LogP contribution >= 0.6 is 0 Å². The Kier molecular flexibility index (Phi) is 3.99. The lowest BCUT2D eigenvalue weighted by atomic mass is 9.94. The maximum Gasteiger partial charge on any atom is 0.0640 e. The van der Waals surface area contributed by atoms with Crippen molar-refractivity contribution >= 4 is 0 Å². The lowest BCUT2D eigenvalue weighted by molar-refractivity contribution is 0.359. The summed E-state index contributed by atoms with van der Waals surface area (Å²) in [6.45, 7) is 3.26. The fourth-order valence-corrected chi connectivity index (χ4v) is 2.82. The van der Waals surface area contributed by atoms with E-state index in [1.54, 1.807) is 0 Å². The van der Waals surface area contributed by atoms with Gasteiger partial charge in [-0.2, -0.15) is 5.10 Å². The van der Waals surface area contributed by atoms with Crippen molar-refractivity contribution in [3.05, 3.63) is 18.0 Å². The van der Waals surface area contributed by atoms with Crippen LogP contribution in [-0.2, 0) is 13.5 Å². The molecule has 1 aliphatic carbocycles. The molecule has 0 aliphatic heterocycles. The van der Waals surface area contributed by atoms with Gasteiger partial charge in [-0.1, -0.05) is 19.8 Å². The number of rotatable bonds is 5. The number of aryl methyl sites for hydroxylation is 1. The minimum atomic E-state index is 0.627. The Labute approximate surface area is 98.2 Å². The van der Waals surface area contributed by atoms with Crippen molar-refractivity contribution in [3.8, 4) is 0 Å². The summed E-state index contributed by atoms with van der Waals surface area (Å²) in [6.07, 6.45) is 8.73. The first kappa shape index (κ1) is 11.6. The second kappa shape index (κ2) is 5.48. The van der Waals surface area contributed by atoms with E-state index in [2.05, 4.69) is 23.4 Å². The number of aromatic nitrogens is 2. The zero-order valence-corrected chi connectivity index (χ0v) is 10.4. The van der Waals surface area contributed by atoms with E-state index in [-0.39, 0.29) is 0 Å². The summed E-state index contributed by atoms with van der Waals surface area (Å²) in [7, 11) is 1.99. The van der Waals surface area contributed by atoms with E-state index in [0.717, 1.165) is 18.9 Å². The van der Waals surface area contributed by atoms with Crippen LogP contribution < -0.4 is 5.32 Å². The molecule has 1 aromatic heterocycles. The fourth-order valence-electron chi connectivity index (χ4n) is 2.82. The summed E-state index contributed by atoms with van der Waals surface area (Å²) >= 11 is 0. The Morgan fingerprint density at radius 1 is 1.50 bits per heavy atom. The summed E-state index contributed by atoms with van der Waals surface area (Å²) < 4.78 is 1.90. The van der Waals surface area contributed by atoms with Crippen molar-refractivity contribution in [1.29, 1.82) is 0 Å². The lowest BCUT2D eigenvalue weighted by Gasteiger charge is -2.23. The SMILES string of the molecule is CCNC(Cc1ccn(C)n1)C1CCCC1. The molecule has 2 rings (SSSR count). The first-order chi connectivity index (χ1) is 7.79. The Morgan fingerprint density at radius 2 is 2.25 bits per heavy atom. The van der Waals surface area contributed by atoms with Crippen LogP contribution in [-0.4, -0.2) is 22.4 Å². The summed E-state index contributed by atoms with van der Waals surface area (Å²) in [4.78, 5) is 0. The van der Waals surface area contributed by atoms with Gasteiger partial charge in [0.15, 0.2) is 0 Å². The summed E-state index contributed by atoms with van der Waals surface area (Å²) in [5.74, 6) is 0.863. The van der Waals surface area contributed by atoms with Crippen molar-refractivity contribution in [2.45, 2.75) is 45.1 Å². The average molecular weight is 221 g/mol. The van der Waals surface area contributed by atoms with Gasteiger partial charge in [0.1, 0.15) is 0 Å². The Bertz CT molecular complexity index is 313. The second-order valence-corrected chi connectivity index (χ2v) is 4.89. The monoisotopic (exact) mass is 221 g/mol. The third-order valence-electron chi connectivity index (χ3n) is 3.63. The molecule has 1 saturated carbocycles. The molecule has 1 atom stereocenters. The van der Waals surface area contributed by atoms with Crippen LogP contribution in [0.2, 0.25) is 0 Å². The molecule has 0 radical (unpaired) electrons. The molecule has 1 unspecified atom stereocenters. The van der Waals surface area contributed by atoms with Gasteiger partial charge in [0.05, 0.1) is 5.69 Å². The van der Waals surface area contributed by atoms with E-state index >= 15 is 0 Å². The molecule has 1 heterocycles. The molecule has 1 N–H and O–H groups in total. The Balaban J connectivity index is 1.96. The predicted octanol–water partition coefficient (Wildman–Crippen LogP) is 2.13. The summed E-state index contributed by atoms with van der Waals surface area (Å²) in [6, 6.07) is 2.77. The molecule has 0 bridgehead atoms. The number of nitrogens with one attached hydrogen (secondary N) is 1. The topological polar surface area (TPSA) is 29.9 Å². The maximum absolute atomic E-state index is 4.48. The third-order valence-corrected chi connectivity index (χ3v) is 3.63. The smallest absolute Gasteiger partial charge is 0.0640 e. The van der Waals surface area contributed by atoms with Gasteiger partial charge >= 0.3 is 0 Å². The highest BCUT2D eigenvalue weighted by Gasteiger charge is 2.24. The summed E-state index contributed by atoms with van der Waals surface area (Å²) in [5, 5.41) is 8.11. The maximum atomic E-state index is 4.48. The number of likely N-dealkylation sites (N-methyl/N-ethyl adjacent to an activating group) is 1. The molecule has 16 heavy (non-hydrogen) atoms. The lowest BCUT2D eigenvalue weighted by Crippen LogP contribution is -2.37. The molecule has 0 spiro atoms. The van der Waals surface area contributed by atoms with Gasteiger partial charge in [0.25, 0.3) is 0 Å². The molecule has 3 heteroatoms. The average Bonchev–Trinajstić information content (AvgIpc) is 2.88. The van der Waals surface area contributed by atoms with E-state index in [9.17, 15) is 0 Å². The van der Waals surface area contributed by atoms with E-state index < -0.39 is 0 Å². The van der Waals surface area contributed by atoms with Crippen LogP contribution in [0.15, 0.2) is 12.3 Å². The van der Waals surface area contributed by atoms with Gasteiger partial charge in [-0.05, 0) is 31.4 Å². The first-order valence-electron chi connectivity index (χ1n) is 6.51. The molecule has 1 aliphatic rings. The van der Waals surface area contributed by atoms with Crippen LogP contribution in [0.5, 0.6) is 0 Å². The van der Waals surface area contributed by atoms with E-state index in [1.165, 1.54) is 31.4 Å². The standard InChI is InChI=1S/C13H23N3/c1-3-14-13(11-6-4-5-7-11)10-12-8-9-16(2)15-12/h8-9,11,13-14H,3-7,10H2,1-2H3. The van der Waals surface area contributed by atoms with E-state index in [0.29, 0.717) is 6.04 Å². The van der Waals surface area contributed by atoms with Gasteiger partial charge in [0.2, 0.25) is 0 Å². The van der Waals surface area contributed by atoms with Crippen molar-refractivity contribution in [2.75, 3.05) is 6.54 Å². The van der Waals surface area contributed by atoms with E-state index in [4.69, 9.17) is 0 Å². The highest BCUT2D eigenvalue weighted by atomic mass is 15.2. The van der Waals surface area contributed by atoms with Crippen molar-refractivity contribution in [3.63, 3.8) is 0 Å². The zero-order chi connectivity index (χ0) is 11.4. The molecular weight excluding hydrogens is 198 g/mol. The second-order valence-electron chi connectivity index (χ2n) is 4.89. The van der Waals surface area contributed by atoms with Crippen LogP contribution in [0.3, 0.4) is 0 Å².